The Bertz CT molecular complexity index is 775. The quantitative estimate of drug-likeness (QED) is 0.792. The molecule has 0 unspecified atom stereocenters. The summed E-state index contributed by atoms with van der Waals surface area (Å²) in [6.07, 6.45) is -1.94. The van der Waals surface area contributed by atoms with E-state index in [-0.39, 0.29) is 24.9 Å². The van der Waals surface area contributed by atoms with E-state index in [1.165, 1.54) is 23.5 Å². The molecule has 1 aromatic carbocycles. The first-order chi connectivity index (χ1) is 11.8. The number of benzene rings is 1. The van der Waals surface area contributed by atoms with E-state index < -0.39 is 17.2 Å². The van der Waals surface area contributed by atoms with Gasteiger partial charge in [0.05, 0.1) is 5.56 Å². The summed E-state index contributed by atoms with van der Waals surface area (Å²) < 4.78 is 38.9. The lowest BCUT2D eigenvalue weighted by molar-refractivity contribution is -0.137. The number of alkyl halides is 3. The van der Waals surface area contributed by atoms with Gasteiger partial charge >= 0.3 is 6.18 Å². The van der Waals surface area contributed by atoms with Crippen LogP contribution in [0.5, 0.6) is 0 Å². The number of aromatic nitrogens is 1. The number of rotatable bonds is 5. The minimum atomic E-state index is -4.37. The second kappa shape index (κ2) is 7.94. The van der Waals surface area contributed by atoms with Crippen LogP contribution in [0.1, 0.15) is 45.9 Å². The third-order valence-electron chi connectivity index (χ3n) is 4.66. The zero-order valence-electron chi connectivity index (χ0n) is 13.8. The Labute approximate surface area is 159 Å². The number of nitrogens with two attached hydrogens (primary N) is 1. The minimum absolute atomic E-state index is 0. The number of nitrogens with zero attached hydrogens (tertiary/aromatic N) is 1. The maximum atomic E-state index is 13.0. The average molecular weight is 406 g/mol. The Balaban J connectivity index is 0.00000243. The van der Waals surface area contributed by atoms with Crippen LogP contribution in [0.2, 0.25) is 0 Å². The number of halogens is 4. The Hall–Kier alpha value is -1.64. The fraction of sp³-hybridized carbons (Fsp3) is 0.412. The van der Waals surface area contributed by atoms with Gasteiger partial charge in [-0.15, -0.1) is 23.7 Å². The normalized spacial score (nSPS) is 15.7. The van der Waals surface area contributed by atoms with Crippen molar-refractivity contribution in [3.05, 3.63) is 51.5 Å². The molecule has 142 valence electrons. The maximum absolute atomic E-state index is 13.0. The molecule has 1 amide bonds. The van der Waals surface area contributed by atoms with E-state index in [4.69, 9.17) is 5.73 Å². The Morgan fingerprint density at radius 1 is 1.35 bits per heavy atom. The molecule has 4 nitrogen and oxygen atoms in total. The van der Waals surface area contributed by atoms with Crippen LogP contribution in [0.3, 0.4) is 0 Å². The number of carbonyl (C=O) groups excluding carboxylic acids is 1. The molecule has 26 heavy (non-hydrogen) atoms. The summed E-state index contributed by atoms with van der Waals surface area (Å²) in [5.74, 6) is -0.325. The van der Waals surface area contributed by atoms with Gasteiger partial charge in [-0.3, -0.25) is 4.79 Å². The second-order valence-corrected chi connectivity index (χ2v) is 7.17. The van der Waals surface area contributed by atoms with Crippen LogP contribution in [0, 0.1) is 0 Å². The van der Waals surface area contributed by atoms with Gasteiger partial charge in [0.2, 0.25) is 0 Å². The van der Waals surface area contributed by atoms with Crippen molar-refractivity contribution < 1.29 is 18.0 Å². The lowest BCUT2D eigenvalue weighted by Crippen LogP contribution is -2.45. The highest BCUT2D eigenvalue weighted by Gasteiger charge is 2.40. The molecule has 1 fully saturated rings. The minimum Gasteiger partial charge on any atom is -0.350 e. The standard InChI is InChI=1S/C17H18F3N3OS.ClH/c18-17(19,20)12-4-1-3-11(7-12)16(5-2-6-16)10-22-15(24)13-9-25-14(8-21)23-13;/h1,3-4,7,9H,2,5-6,8,10,21H2,(H,22,24);1H. The van der Waals surface area contributed by atoms with Crippen LogP contribution in [0.25, 0.3) is 0 Å². The summed E-state index contributed by atoms with van der Waals surface area (Å²) in [6.45, 7) is 0.564. The molecule has 0 atom stereocenters. The van der Waals surface area contributed by atoms with Gasteiger partial charge in [-0.05, 0) is 24.5 Å². The van der Waals surface area contributed by atoms with Gasteiger partial charge in [0.1, 0.15) is 10.7 Å². The zero-order chi connectivity index (χ0) is 18.1. The second-order valence-electron chi connectivity index (χ2n) is 6.23. The van der Waals surface area contributed by atoms with Crippen molar-refractivity contribution in [2.75, 3.05) is 6.54 Å². The largest absolute Gasteiger partial charge is 0.416 e. The molecule has 3 rings (SSSR count). The third-order valence-corrected chi connectivity index (χ3v) is 5.53. The van der Waals surface area contributed by atoms with E-state index in [1.807, 2.05) is 0 Å². The first kappa shape index (κ1) is 20.7. The van der Waals surface area contributed by atoms with Crippen molar-refractivity contribution >= 4 is 29.7 Å². The van der Waals surface area contributed by atoms with E-state index in [9.17, 15) is 18.0 Å². The van der Waals surface area contributed by atoms with E-state index in [1.54, 1.807) is 11.4 Å². The fourth-order valence-corrected chi connectivity index (χ4v) is 3.70. The molecular formula is C17H19ClF3N3OS. The van der Waals surface area contributed by atoms with Crippen molar-refractivity contribution in [3.8, 4) is 0 Å². The third kappa shape index (κ3) is 4.19. The van der Waals surface area contributed by atoms with Gasteiger partial charge in [0.15, 0.2) is 0 Å². The van der Waals surface area contributed by atoms with Crippen LogP contribution in [-0.2, 0) is 18.1 Å². The summed E-state index contributed by atoms with van der Waals surface area (Å²) in [5.41, 5.74) is 5.30. The zero-order valence-corrected chi connectivity index (χ0v) is 15.4. The Morgan fingerprint density at radius 3 is 2.62 bits per heavy atom. The lowest BCUT2D eigenvalue weighted by atomic mass is 9.64. The van der Waals surface area contributed by atoms with Gasteiger partial charge in [-0.1, -0.05) is 24.6 Å². The predicted molar refractivity (Wildman–Crippen MR) is 96.6 cm³/mol. The summed E-state index contributed by atoms with van der Waals surface area (Å²) in [5, 5.41) is 5.12. The molecule has 0 saturated heterocycles. The fourth-order valence-electron chi connectivity index (χ4n) is 3.05. The summed E-state index contributed by atoms with van der Waals surface area (Å²) in [7, 11) is 0. The number of hydrogen-bond donors (Lipinski definition) is 2. The number of hydrogen-bond acceptors (Lipinski definition) is 4. The Morgan fingerprint density at radius 2 is 2.08 bits per heavy atom. The van der Waals surface area contributed by atoms with E-state index in [2.05, 4.69) is 10.3 Å². The van der Waals surface area contributed by atoms with E-state index >= 15 is 0 Å². The summed E-state index contributed by atoms with van der Waals surface area (Å²) >= 11 is 1.31. The van der Waals surface area contributed by atoms with Crippen LogP contribution < -0.4 is 11.1 Å². The van der Waals surface area contributed by atoms with E-state index in [0.717, 1.165) is 25.3 Å². The predicted octanol–water partition coefficient (Wildman–Crippen LogP) is 3.89. The van der Waals surface area contributed by atoms with Gasteiger partial charge in [-0.25, -0.2) is 4.98 Å². The Kier molecular flexibility index (Phi) is 6.31. The summed E-state index contributed by atoms with van der Waals surface area (Å²) in [4.78, 5) is 16.4. The summed E-state index contributed by atoms with van der Waals surface area (Å²) in [6, 6.07) is 5.39. The maximum Gasteiger partial charge on any atom is 0.416 e. The number of thiazole rings is 1. The first-order valence-corrected chi connectivity index (χ1v) is 8.82. The molecule has 1 aromatic heterocycles. The smallest absolute Gasteiger partial charge is 0.350 e. The lowest BCUT2D eigenvalue weighted by Gasteiger charge is -2.42. The topological polar surface area (TPSA) is 68.0 Å². The molecule has 0 spiro atoms. The van der Waals surface area contributed by atoms with Gasteiger partial charge in [-0.2, -0.15) is 13.2 Å². The molecule has 0 bridgehead atoms. The van der Waals surface area contributed by atoms with Crippen molar-refractivity contribution in [2.24, 2.45) is 5.73 Å². The van der Waals surface area contributed by atoms with E-state index in [0.29, 0.717) is 22.8 Å². The van der Waals surface area contributed by atoms with Crippen molar-refractivity contribution in [2.45, 2.75) is 37.4 Å². The highest BCUT2D eigenvalue weighted by Crippen LogP contribution is 2.44. The van der Waals surface area contributed by atoms with Crippen molar-refractivity contribution in [1.29, 1.82) is 0 Å². The SMILES string of the molecule is Cl.NCc1nc(C(=O)NCC2(c3cccc(C(F)(F)F)c3)CCC2)cs1. The number of nitrogens with one attached hydrogen (secondary N) is 1. The van der Waals surface area contributed by atoms with Crippen LogP contribution >= 0.6 is 23.7 Å². The molecule has 2 aromatic rings. The molecule has 0 radical (unpaired) electrons. The molecular weight excluding hydrogens is 387 g/mol. The first-order valence-electron chi connectivity index (χ1n) is 7.94. The van der Waals surface area contributed by atoms with Crippen molar-refractivity contribution in [3.63, 3.8) is 0 Å². The molecule has 1 saturated carbocycles. The van der Waals surface area contributed by atoms with Gasteiger partial charge < -0.3 is 11.1 Å². The highest BCUT2D eigenvalue weighted by atomic mass is 35.5. The van der Waals surface area contributed by atoms with Gasteiger partial charge in [0.25, 0.3) is 5.91 Å². The number of carbonyl (C=O) groups is 1. The van der Waals surface area contributed by atoms with Gasteiger partial charge in [0, 0.05) is 23.9 Å². The molecule has 1 aliphatic rings. The van der Waals surface area contributed by atoms with Crippen molar-refractivity contribution in [1.82, 2.24) is 10.3 Å². The molecule has 0 aliphatic heterocycles. The van der Waals surface area contributed by atoms with Crippen LogP contribution in [0.4, 0.5) is 13.2 Å². The monoisotopic (exact) mass is 405 g/mol. The van der Waals surface area contributed by atoms with Crippen LogP contribution in [0.15, 0.2) is 29.6 Å². The van der Waals surface area contributed by atoms with Crippen LogP contribution in [-0.4, -0.2) is 17.4 Å². The molecule has 9 heteroatoms. The molecule has 3 N–H and O–H groups in total. The average Bonchev–Trinajstić information content (AvgIpc) is 3.02. The molecule has 1 aliphatic carbocycles. The highest BCUT2D eigenvalue weighted by molar-refractivity contribution is 7.09. The number of amides is 1. The molecule has 1 heterocycles.